The van der Waals surface area contributed by atoms with E-state index in [2.05, 4.69) is 10.6 Å². The molecule has 0 aliphatic carbocycles. The Morgan fingerprint density at radius 1 is 1.04 bits per heavy atom. The summed E-state index contributed by atoms with van der Waals surface area (Å²) in [5, 5.41) is 4.60. The number of rotatable bonds is 6. The molecule has 2 N–H and O–H groups in total. The number of nitrogens with one attached hydrogen (secondary N) is 2. The molecule has 1 unspecified atom stereocenters. The fourth-order valence-electron chi connectivity index (χ4n) is 1.96. The Hall–Kier alpha value is -2.57. The van der Waals surface area contributed by atoms with Gasteiger partial charge in [0.1, 0.15) is 5.75 Å². The third-order valence-electron chi connectivity index (χ3n) is 2.89. The van der Waals surface area contributed by atoms with E-state index >= 15 is 0 Å². The van der Waals surface area contributed by atoms with Gasteiger partial charge in [0, 0.05) is 6.04 Å². The first kappa shape index (κ1) is 19.5. The van der Waals surface area contributed by atoms with Crippen LogP contribution in [0.15, 0.2) is 18.2 Å². The topological polar surface area (TPSA) is 93.7 Å². The summed E-state index contributed by atoms with van der Waals surface area (Å²) in [4.78, 5) is 34.9. The molecule has 1 rings (SSSR count). The molecule has 7 nitrogen and oxygen atoms in total. The number of amides is 3. The molecule has 3 amide bonds. The van der Waals surface area contributed by atoms with Gasteiger partial charge in [0.05, 0.1) is 0 Å². The second kappa shape index (κ2) is 8.90. The third kappa shape index (κ3) is 7.13. The van der Waals surface area contributed by atoms with Crippen LogP contribution in [0, 0.1) is 13.8 Å². The highest BCUT2D eigenvalue weighted by molar-refractivity contribution is 5.97. The minimum atomic E-state index is -1.10. The highest BCUT2D eigenvalue weighted by atomic mass is 16.6. The number of imide groups is 1. The van der Waals surface area contributed by atoms with Crippen molar-refractivity contribution in [1.29, 1.82) is 0 Å². The van der Waals surface area contributed by atoms with Gasteiger partial charge in [-0.15, -0.1) is 0 Å². The van der Waals surface area contributed by atoms with Gasteiger partial charge in [-0.05, 0) is 57.9 Å². The van der Waals surface area contributed by atoms with Gasteiger partial charge in [0.2, 0.25) is 0 Å². The number of hydrogen-bond acceptors (Lipinski definition) is 5. The molecule has 1 aromatic carbocycles. The van der Waals surface area contributed by atoms with Crippen molar-refractivity contribution in [2.24, 2.45) is 0 Å². The van der Waals surface area contributed by atoms with Crippen LogP contribution in [0.3, 0.4) is 0 Å². The number of hydrogen-bond donors (Lipinski definition) is 2. The van der Waals surface area contributed by atoms with Crippen molar-refractivity contribution >= 4 is 17.9 Å². The maximum absolute atomic E-state index is 11.7. The summed E-state index contributed by atoms with van der Waals surface area (Å²) >= 11 is 0. The first-order valence-corrected chi connectivity index (χ1v) is 7.69. The van der Waals surface area contributed by atoms with E-state index in [4.69, 9.17) is 9.47 Å². The highest BCUT2D eigenvalue weighted by Crippen LogP contribution is 2.16. The summed E-state index contributed by atoms with van der Waals surface area (Å²) in [5.74, 6) is -0.841. The van der Waals surface area contributed by atoms with Crippen LogP contribution in [0.1, 0.15) is 31.9 Å². The van der Waals surface area contributed by atoms with Crippen LogP contribution < -0.4 is 15.4 Å². The van der Waals surface area contributed by atoms with Crippen LogP contribution in [0.2, 0.25) is 0 Å². The number of urea groups is 1. The molecule has 1 atom stereocenters. The van der Waals surface area contributed by atoms with Gasteiger partial charge in [-0.1, -0.05) is 6.07 Å². The smallest absolute Gasteiger partial charge is 0.344 e. The van der Waals surface area contributed by atoms with Crippen molar-refractivity contribution in [3.63, 3.8) is 0 Å². The van der Waals surface area contributed by atoms with Crippen LogP contribution in [-0.4, -0.2) is 36.7 Å². The molecular formula is C17H24N2O5. The fraction of sp³-hybridized carbons (Fsp3) is 0.471. The molecule has 0 aliphatic rings. The predicted molar refractivity (Wildman–Crippen MR) is 88.8 cm³/mol. The van der Waals surface area contributed by atoms with Gasteiger partial charge in [-0.25, -0.2) is 9.59 Å². The average Bonchev–Trinajstić information content (AvgIpc) is 2.43. The lowest BCUT2D eigenvalue weighted by atomic mass is 10.1. The number of carbonyl (C=O) groups is 3. The molecule has 1 aromatic rings. The summed E-state index contributed by atoms with van der Waals surface area (Å²) < 4.78 is 10.3. The molecule has 0 spiro atoms. The SMILES string of the molecule is Cc1cc(C)cc(OCC(=O)OC(C)C(=O)NC(=O)NC(C)C)c1. The Labute approximate surface area is 141 Å². The van der Waals surface area contributed by atoms with E-state index in [9.17, 15) is 14.4 Å². The molecule has 24 heavy (non-hydrogen) atoms. The van der Waals surface area contributed by atoms with E-state index in [-0.39, 0.29) is 12.6 Å². The first-order valence-electron chi connectivity index (χ1n) is 7.69. The van der Waals surface area contributed by atoms with Crippen molar-refractivity contribution in [2.75, 3.05) is 6.61 Å². The molecule has 0 saturated heterocycles. The van der Waals surface area contributed by atoms with E-state index < -0.39 is 24.0 Å². The predicted octanol–water partition coefficient (Wildman–Crippen LogP) is 1.85. The zero-order chi connectivity index (χ0) is 18.3. The third-order valence-corrected chi connectivity index (χ3v) is 2.89. The minimum absolute atomic E-state index is 0.109. The molecule has 0 radical (unpaired) electrons. The standard InChI is InChI=1S/C17H24N2O5/c1-10(2)18-17(22)19-16(21)13(5)24-15(20)9-23-14-7-11(3)6-12(4)8-14/h6-8,10,13H,9H2,1-5H3,(H2,18,19,21,22). The molecule has 0 aromatic heterocycles. The van der Waals surface area contributed by atoms with E-state index in [1.807, 2.05) is 19.9 Å². The molecular weight excluding hydrogens is 312 g/mol. The van der Waals surface area contributed by atoms with E-state index in [1.165, 1.54) is 6.92 Å². The summed E-state index contributed by atoms with van der Waals surface area (Å²) in [7, 11) is 0. The quantitative estimate of drug-likeness (QED) is 0.773. The molecule has 132 valence electrons. The molecule has 0 saturated carbocycles. The van der Waals surface area contributed by atoms with Crippen molar-refractivity contribution in [3.8, 4) is 5.75 Å². The number of ether oxygens (including phenoxy) is 2. The molecule has 0 bridgehead atoms. The highest BCUT2D eigenvalue weighted by Gasteiger charge is 2.20. The lowest BCUT2D eigenvalue weighted by Gasteiger charge is -2.14. The van der Waals surface area contributed by atoms with Gasteiger partial charge in [-0.3, -0.25) is 10.1 Å². The van der Waals surface area contributed by atoms with Gasteiger partial charge in [-0.2, -0.15) is 0 Å². The molecule has 0 heterocycles. The summed E-state index contributed by atoms with van der Waals surface area (Å²) in [6, 6.07) is 4.84. The van der Waals surface area contributed by atoms with Crippen molar-refractivity contribution in [3.05, 3.63) is 29.3 Å². The monoisotopic (exact) mass is 336 g/mol. The Kier molecular flexibility index (Phi) is 7.23. The van der Waals surface area contributed by atoms with Crippen LogP contribution in [0.4, 0.5) is 4.79 Å². The molecule has 0 fully saturated rings. The second-order valence-electron chi connectivity index (χ2n) is 5.86. The van der Waals surface area contributed by atoms with Crippen molar-refractivity contribution in [1.82, 2.24) is 10.6 Å². The van der Waals surface area contributed by atoms with Gasteiger partial charge in [0.15, 0.2) is 12.7 Å². The second-order valence-corrected chi connectivity index (χ2v) is 5.86. The van der Waals surface area contributed by atoms with Crippen molar-refractivity contribution < 1.29 is 23.9 Å². The minimum Gasteiger partial charge on any atom is -0.482 e. The van der Waals surface area contributed by atoms with E-state index in [0.717, 1.165) is 11.1 Å². The van der Waals surface area contributed by atoms with E-state index in [1.54, 1.807) is 26.0 Å². The number of carbonyl (C=O) groups excluding carboxylic acids is 3. The number of benzene rings is 1. The maximum Gasteiger partial charge on any atom is 0.344 e. The van der Waals surface area contributed by atoms with Gasteiger partial charge >= 0.3 is 12.0 Å². The lowest BCUT2D eigenvalue weighted by Crippen LogP contribution is -2.46. The number of esters is 1. The van der Waals surface area contributed by atoms with Crippen LogP contribution in [0.5, 0.6) is 5.75 Å². The van der Waals surface area contributed by atoms with Crippen molar-refractivity contribution in [2.45, 2.75) is 46.8 Å². The zero-order valence-electron chi connectivity index (χ0n) is 14.6. The Bertz CT molecular complexity index is 593. The maximum atomic E-state index is 11.7. The summed E-state index contributed by atoms with van der Waals surface area (Å²) in [6.45, 7) is 8.43. The summed E-state index contributed by atoms with van der Waals surface area (Å²) in [6.07, 6.45) is -1.10. The molecule has 0 aliphatic heterocycles. The van der Waals surface area contributed by atoms with Gasteiger partial charge < -0.3 is 14.8 Å². The lowest BCUT2D eigenvalue weighted by molar-refractivity contribution is -0.156. The average molecular weight is 336 g/mol. The van der Waals surface area contributed by atoms with E-state index in [0.29, 0.717) is 5.75 Å². The zero-order valence-corrected chi connectivity index (χ0v) is 14.6. The fourth-order valence-corrected chi connectivity index (χ4v) is 1.96. The Morgan fingerprint density at radius 3 is 2.17 bits per heavy atom. The summed E-state index contributed by atoms with van der Waals surface area (Å²) in [5.41, 5.74) is 2.03. The molecule has 7 heteroatoms. The Morgan fingerprint density at radius 2 is 1.62 bits per heavy atom. The Balaban J connectivity index is 2.43. The largest absolute Gasteiger partial charge is 0.482 e. The number of aryl methyl sites for hydroxylation is 2. The van der Waals surface area contributed by atoms with Crippen LogP contribution in [0.25, 0.3) is 0 Å². The van der Waals surface area contributed by atoms with Crippen LogP contribution in [-0.2, 0) is 14.3 Å². The normalized spacial score (nSPS) is 11.6. The van der Waals surface area contributed by atoms with Gasteiger partial charge in [0.25, 0.3) is 5.91 Å². The van der Waals surface area contributed by atoms with Crippen LogP contribution >= 0.6 is 0 Å². The first-order chi connectivity index (χ1) is 11.2.